The Labute approximate surface area is 207 Å². The van der Waals surface area contributed by atoms with Gasteiger partial charge in [-0.25, -0.2) is 0 Å². The van der Waals surface area contributed by atoms with E-state index < -0.39 is 23.5 Å². The smallest absolute Gasteiger partial charge is 0.295 e. The topological polar surface area (TPSA) is 85.3 Å². The Morgan fingerprint density at radius 3 is 2.71 bits per heavy atom. The molecule has 2 fully saturated rings. The highest BCUT2D eigenvalue weighted by atomic mass is 35.5. The van der Waals surface area contributed by atoms with Gasteiger partial charge in [0.25, 0.3) is 11.7 Å². The molecule has 0 spiro atoms. The van der Waals surface area contributed by atoms with Crippen molar-refractivity contribution in [1.29, 1.82) is 0 Å². The third-order valence-electron chi connectivity index (χ3n) is 5.92. The molecule has 2 heterocycles. The number of aliphatic hydroxyl groups is 1. The summed E-state index contributed by atoms with van der Waals surface area (Å²) in [5.41, 5.74) is 0.672. The highest BCUT2D eigenvalue weighted by Gasteiger charge is 2.47. The van der Waals surface area contributed by atoms with E-state index in [9.17, 15) is 14.7 Å². The van der Waals surface area contributed by atoms with Gasteiger partial charge in [0.2, 0.25) is 0 Å². The first-order chi connectivity index (χ1) is 16.3. The second kappa shape index (κ2) is 10.3. The van der Waals surface area contributed by atoms with E-state index >= 15 is 0 Å². The molecule has 7 nitrogen and oxygen atoms in total. The van der Waals surface area contributed by atoms with E-state index in [0.717, 1.165) is 12.8 Å². The molecule has 0 aromatic heterocycles. The van der Waals surface area contributed by atoms with E-state index in [4.69, 9.17) is 37.4 Å². The van der Waals surface area contributed by atoms with Gasteiger partial charge in [0.1, 0.15) is 17.3 Å². The molecule has 4 rings (SSSR count). The molecule has 180 valence electrons. The Hall–Kier alpha value is -2.74. The van der Waals surface area contributed by atoms with Crippen molar-refractivity contribution in [2.75, 3.05) is 26.9 Å². The number of likely N-dealkylation sites (tertiary alicyclic amines) is 1. The fraction of sp³-hybridized carbons (Fsp3) is 0.360. The first-order valence-corrected chi connectivity index (χ1v) is 11.8. The molecule has 34 heavy (non-hydrogen) atoms. The molecule has 2 aliphatic heterocycles. The van der Waals surface area contributed by atoms with Gasteiger partial charge in [-0.15, -0.1) is 0 Å². The molecular weight excluding hydrogens is 481 g/mol. The van der Waals surface area contributed by atoms with Gasteiger partial charge in [-0.2, -0.15) is 0 Å². The van der Waals surface area contributed by atoms with Gasteiger partial charge in [0.15, 0.2) is 0 Å². The Balaban J connectivity index is 1.90. The minimum absolute atomic E-state index is 0.0757. The van der Waals surface area contributed by atoms with Gasteiger partial charge in [-0.05, 0) is 49.6 Å². The molecule has 0 radical (unpaired) electrons. The van der Waals surface area contributed by atoms with Crippen LogP contribution in [0.1, 0.15) is 36.9 Å². The summed E-state index contributed by atoms with van der Waals surface area (Å²) in [5.74, 6) is -1.19. The Bertz CT molecular complexity index is 1140. The zero-order valence-electron chi connectivity index (χ0n) is 18.8. The fourth-order valence-electron chi connectivity index (χ4n) is 4.45. The molecule has 9 heteroatoms. The lowest BCUT2D eigenvalue weighted by molar-refractivity contribution is -0.140. The number of Topliss-reactive ketones (excluding diaryl/α,β-unsaturated/α-hetero) is 1. The van der Waals surface area contributed by atoms with Gasteiger partial charge >= 0.3 is 0 Å². The Morgan fingerprint density at radius 1 is 1.24 bits per heavy atom. The van der Waals surface area contributed by atoms with Crippen LogP contribution < -0.4 is 9.47 Å². The predicted octanol–water partition coefficient (Wildman–Crippen LogP) is 5.00. The largest absolute Gasteiger partial charge is 0.507 e. The molecule has 2 saturated heterocycles. The molecule has 0 aliphatic carbocycles. The number of hydrogen-bond acceptors (Lipinski definition) is 6. The van der Waals surface area contributed by atoms with Crippen molar-refractivity contribution in [3.8, 4) is 11.5 Å². The number of halogens is 2. The lowest BCUT2D eigenvalue weighted by Crippen LogP contribution is -2.36. The number of ether oxygens (including phenoxy) is 3. The van der Waals surface area contributed by atoms with Crippen LogP contribution in [0.25, 0.3) is 5.76 Å². The molecule has 1 amide bonds. The summed E-state index contributed by atoms with van der Waals surface area (Å²) in [6, 6.07) is 9.19. The van der Waals surface area contributed by atoms with Crippen LogP contribution in [-0.4, -0.2) is 54.7 Å². The number of rotatable bonds is 7. The van der Waals surface area contributed by atoms with Crippen LogP contribution in [0.2, 0.25) is 10.0 Å². The lowest BCUT2D eigenvalue weighted by Gasteiger charge is -2.28. The average Bonchev–Trinajstić information content (AvgIpc) is 3.41. The van der Waals surface area contributed by atoms with Crippen molar-refractivity contribution in [3.05, 3.63) is 63.1 Å². The van der Waals surface area contributed by atoms with Gasteiger partial charge in [0, 0.05) is 18.2 Å². The van der Waals surface area contributed by atoms with E-state index in [1.165, 1.54) is 24.1 Å². The number of ketones is 1. The molecule has 2 aromatic rings. The number of nitrogens with zero attached hydrogens (tertiary/aromatic N) is 1. The zero-order valence-corrected chi connectivity index (χ0v) is 20.4. The van der Waals surface area contributed by atoms with Crippen molar-refractivity contribution in [2.45, 2.75) is 31.9 Å². The van der Waals surface area contributed by atoms with Gasteiger partial charge in [-0.1, -0.05) is 35.3 Å². The first-order valence-electron chi connectivity index (χ1n) is 11.0. The maximum Gasteiger partial charge on any atom is 0.295 e. The Kier molecular flexibility index (Phi) is 7.36. The zero-order chi connectivity index (χ0) is 24.4. The predicted molar refractivity (Wildman–Crippen MR) is 129 cm³/mol. The van der Waals surface area contributed by atoms with E-state index in [2.05, 4.69) is 0 Å². The van der Waals surface area contributed by atoms with Crippen LogP contribution in [0.4, 0.5) is 0 Å². The van der Waals surface area contributed by atoms with Crippen LogP contribution in [0.3, 0.4) is 0 Å². The average molecular weight is 506 g/mol. The highest BCUT2D eigenvalue weighted by Crippen LogP contribution is 2.44. The molecule has 2 unspecified atom stereocenters. The Morgan fingerprint density at radius 2 is 2.03 bits per heavy atom. The first kappa shape index (κ1) is 24.4. The summed E-state index contributed by atoms with van der Waals surface area (Å²) < 4.78 is 16.7. The van der Waals surface area contributed by atoms with E-state index in [0.29, 0.717) is 24.5 Å². The molecule has 0 saturated carbocycles. The van der Waals surface area contributed by atoms with Crippen LogP contribution in [0.15, 0.2) is 42.0 Å². The molecule has 2 atom stereocenters. The number of hydrogen-bond donors (Lipinski definition) is 1. The molecule has 2 aromatic carbocycles. The third-order valence-corrected chi connectivity index (χ3v) is 6.42. The fourth-order valence-corrected chi connectivity index (χ4v) is 5.02. The van der Waals surface area contributed by atoms with E-state index in [1.54, 1.807) is 24.3 Å². The molecule has 1 N–H and O–H groups in total. The highest BCUT2D eigenvalue weighted by molar-refractivity contribution is 6.46. The van der Waals surface area contributed by atoms with E-state index in [1.807, 2.05) is 6.92 Å². The maximum atomic E-state index is 13.3. The number of amides is 1. The molecular formula is C25H25Cl2NO6. The number of carbonyl (C=O) groups excluding carboxylic acids is 2. The third kappa shape index (κ3) is 4.60. The summed E-state index contributed by atoms with van der Waals surface area (Å²) in [6.07, 6.45) is 1.48. The maximum absolute atomic E-state index is 13.3. The summed E-state index contributed by atoms with van der Waals surface area (Å²) in [7, 11) is 1.39. The minimum atomic E-state index is -0.855. The summed E-state index contributed by atoms with van der Waals surface area (Å²) >= 11 is 12.4. The minimum Gasteiger partial charge on any atom is -0.507 e. The number of methoxy groups -OCH3 is 1. The van der Waals surface area contributed by atoms with E-state index in [-0.39, 0.29) is 39.6 Å². The van der Waals surface area contributed by atoms with Crippen LogP contribution in [0.5, 0.6) is 11.5 Å². The van der Waals surface area contributed by atoms with Gasteiger partial charge in [0.05, 0.1) is 42.0 Å². The van der Waals surface area contributed by atoms with Crippen molar-refractivity contribution in [3.63, 3.8) is 0 Å². The summed E-state index contributed by atoms with van der Waals surface area (Å²) in [6.45, 7) is 3.15. The summed E-state index contributed by atoms with van der Waals surface area (Å²) in [5, 5.41) is 11.8. The standard InChI is InChI=1S/C25H25Cl2NO6/c1-3-33-16-7-4-6-14(10-16)21-20(22(29)18-11-15(26)12-19(27)24(18)32-2)23(30)25(31)28(21)13-17-8-5-9-34-17/h4,6-7,10-12,17,21,29H,3,5,8-9,13H2,1-2H3/b22-20+. The van der Waals surface area contributed by atoms with Gasteiger partial charge < -0.3 is 24.2 Å². The van der Waals surface area contributed by atoms with Crippen molar-refractivity contribution in [2.24, 2.45) is 0 Å². The van der Waals surface area contributed by atoms with Crippen LogP contribution >= 0.6 is 23.2 Å². The molecule has 2 aliphatic rings. The number of benzene rings is 2. The monoisotopic (exact) mass is 505 g/mol. The second-order valence-electron chi connectivity index (χ2n) is 8.06. The summed E-state index contributed by atoms with van der Waals surface area (Å²) in [4.78, 5) is 27.9. The SMILES string of the molecule is CCOc1cccc(C2/C(=C(\O)c3cc(Cl)cc(Cl)c3OC)C(=O)C(=O)N2CC2CCCO2)c1. The van der Waals surface area contributed by atoms with Crippen molar-refractivity contribution < 1.29 is 28.9 Å². The van der Waals surface area contributed by atoms with Crippen LogP contribution in [0, 0.1) is 0 Å². The van der Waals surface area contributed by atoms with Crippen molar-refractivity contribution in [1.82, 2.24) is 4.90 Å². The normalized spacial score (nSPS) is 21.8. The second-order valence-corrected chi connectivity index (χ2v) is 8.90. The van der Waals surface area contributed by atoms with Crippen LogP contribution in [-0.2, 0) is 14.3 Å². The molecule has 0 bridgehead atoms. The lowest BCUT2D eigenvalue weighted by atomic mass is 9.94. The number of carbonyl (C=O) groups is 2. The number of aliphatic hydroxyl groups excluding tert-OH is 1. The quantitative estimate of drug-likeness (QED) is 0.323. The van der Waals surface area contributed by atoms with Crippen molar-refractivity contribution >= 4 is 40.7 Å². The van der Waals surface area contributed by atoms with Gasteiger partial charge in [-0.3, -0.25) is 9.59 Å².